The van der Waals surface area contributed by atoms with E-state index in [2.05, 4.69) is 35.0 Å². The van der Waals surface area contributed by atoms with Crippen LogP contribution in [-0.4, -0.2) is 11.8 Å². The molecule has 0 aliphatic carbocycles. The Morgan fingerprint density at radius 3 is 2.75 bits per heavy atom. The quantitative estimate of drug-likeness (QED) is 0.797. The second kappa shape index (κ2) is 7.25. The molecular weight excluding hydrogens is 337 g/mol. The lowest BCUT2D eigenvalue weighted by molar-refractivity contribution is 0.622. The Kier molecular flexibility index (Phi) is 5.64. The molecule has 2 aromatic carbocycles. The molecule has 2 N–H and O–H groups in total. The molecule has 4 heteroatoms. The highest BCUT2D eigenvalue weighted by Crippen LogP contribution is 2.24. The maximum Gasteiger partial charge on any atom is 0.123 e. The van der Waals surface area contributed by atoms with Crippen LogP contribution in [0.15, 0.2) is 51.8 Å². The molecule has 106 valence electrons. The Hall–Kier alpha value is -0.840. The van der Waals surface area contributed by atoms with Gasteiger partial charge in [0, 0.05) is 21.2 Å². The van der Waals surface area contributed by atoms with Crippen LogP contribution in [0.5, 0.6) is 0 Å². The number of rotatable bonds is 5. The van der Waals surface area contributed by atoms with Crippen LogP contribution in [0.1, 0.15) is 11.1 Å². The molecule has 1 unspecified atom stereocenters. The van der Waals surface area contributed by atoms with Gasteiger partial charge in [0.2, 0.25) is 0 Å². The average Bonchev–Trinajstić information content (AvgIpc) is 2.42. The van der Waals surface area contributed by atoms with Crippen LogP contribution in [0.2, 0.25) is 0 Å². The van der Waals surface area contributed by atoms with Crippen molar-refractivity contribution in [2.45, 2.75) is 24.3 Å². The smallest absolute Gasteiger partial charge is 0.123 e. The zero-order valence-electron chi connectivity index (χ0n) is 11.3. The van der Waals surface area contributed by atoms with E-state index in [1.807, 2.05) is 12.1 Å². The van der Waals surface area contributed by atoms with E-state index in [9.17, 15) is 4.39 Å². The highest BCUT2D eigenvalue weighted by molar-refractivity contribution is 9.10. The first-order valence-electron chi connectivity index (χ1n) is 6.44. The van der Waals surface area contributed by atoms with Gasteiger partial charge in [0.1, 0.15) is 5.82 Å². The summed E-state index contributed by atoms with van der Waals surface area (Å²) in [6.45, 7) is 2.09. The topological polar surface area (TPSA) is 26.0 Å². The van der Waals surface area contributed by atoms with Crippen molar-refractivity contribution in [3.63, 3.8) is 0 Å². The lowest BCUT2D eigenvalue weighted by Gasteiger charge is -2.13. The number of thioether (sulfide) groups is 1. The van der Waals surface area contributed by atoms with E-state index in [1.54, 1.807) is 23.9 Å². The normalized spacial score (nSPS) is 12.4. The summed E-state index contributed by atoms with van der Waals surface area (Å²) in [7, 11) is 0. The lowest BCUT2D eigenvalue weighted by atomic mass is 10.1. The van der Waals surface area contributed by atoms with Crippen molar-refractivity contribution < 1.29 is 4.39 Å². The molecule has 0 amide bonds. The van der Waals surface area contributed by atoms with Crippen molar-refractivity contribution in [3.8, 4) is 0 Å². The predicted octanol–water partition coefficient (Wildman–Crippen LogP) is 4.56. The Bertz CT molecular complexity index is 588. The minimum atomic E-state index is -0.220. The summed E-state index contributed by atoms with van der Waals surface area (Å²) >= 11 is 5.19. The van der Waals surface area contributed by atoms with Gasteiger partial charge in [-0.15, -0.1) is 11.8 Å². The number of nitrogens with two attached hydrogens (primary N) is 1. The first-order valence-corrected chi connectivity index (χ1v) is 8.22. The van der Waals surface area contributed by atoms with Crippen molar-refractivity contribution in [1.82, 2.24) is 0 Å². The van der Waals surface area contributed by atoms with E-state index < -0.39 is 0 Å². The van der Waals surface area contributed by atoms with Gasteiger partial charge in [-0.05, 0) is 48.7 Å². The largest absolute Gasteiger partial charge is 0.327 e. The van der Waals surface area contributed by atoms with Crippen LogP contribution in [0, 0.1) is 12.7 Å². The van der Waals surface area contributed by atoms with Gasteiger partial charge in [0.25, 0.3) is 0 Å². The number of benzene rings is 2. The van der Waals surface area contributed by atoms with Crippen LogP contribution in [0.4, 0.5) is 4.39 Å². The van der Waals surface area contributed by atoms with Crippen LogP contribution < -0.4 is 5.73 Å². The zero-order valence-corrected chi connectivity index (χ0v) is 13.7. The maximum absolute atomic E-state index is 13.2. The van der Waals surface area contributed by atoms with Gasteiger partial charge in [0.15, 0.2) is 0 Å². The summed E-state index contributed by atoms with van der Waals surface area (Å²) in [6, 6.07) is 13.0. The van der Waals surface area contributed by atoms with Crippen molar-refractivity contribution in [1.29, 1.82) is 0 Å². The first kappa shape index (κ1) is 15.5. The minimum absolute atomic E-state index is 0.00212. The fraction of sp³-hybridized carbons (Fsp3) is 0.250. The summed E-state index contributed by atoms with van der Waals surface area (Å²) in [4.78, 5) is 1.25. The minimum Gasteiger partial charge on any atom is -0.327 e. The molecule has 0 saturated carbocycles. The van der Waals surface area contributed by atoms with E-state index >= 15 is 0 Å². The summed E-state index contributed by atoms with van der Waals surface area (Å²) in [6.07, 6.45) is 0.664. The standard InChI is InChI=1S/C16H17BrFNS/c1-11-4-2-3-5-16(11)20-10-14(19)9-12-8-13(18)6-7-15(12)17/h2-8,14H,9-10,19H2,1H3. The molecule has 0 saturated heterocycles. The van der Waals surface area contributed by atoms with E-state index in [-0.39, 0.29) is 11.9 Å². The number of hydrogen-bond donors (Lipinski definition) is 1. The van der Waals surface area contributed by atoms with Gasteiger partial charge in [-0.1, -0.05) is 34.1 Å². The van der Waals surface area contributed by atoms with Gasteiger partial charge < -0.3 is 5.73 Å². The summed E-state index contributed by atoms with van der Waals surface area (Å²) in [5.41, 5.74) is 8.34. The third-order valence-electron chi connectivity index (χ3n) is 3.04. The van der Waals surface area contributed by atoms with Crippen molar-refractivity contribution >= 4 is 27.7 Å². The summed E-state index contributed by atoms with van der Waals surface area (Å²) < 4.78 is 14.1. The Morgan fingerprint density at radius 2 is 2.00 bits per heavy atom. The Morgan fingerprint density at radius 1 is 1.25 bits per heavy atom. The summed E-state index contributed by atoms with van der Waals surface area (Å²) in [5.74, 6) is 0.593. The SMILES string of the molecule is Cc1ccccc1SCC(N)Cc1cc(F)ccc1Br. The molecule has 2 aromatic rings. The second-order valence-corrected chi connectivity index (χ2v) is 6.69. The van der Waals surface area contributed by atoms with Crippen molar-refractivity contribution in [3.05, 3.63) is 63.9 Å². The van der Waals surface area contributed by atoms with Crippen molar-refractivity contribution in [2.75, 3.05) is 5.75 Å². The molecule has 20 heavy (non-hydrogen) atoms. The molecule has 1 atom stereocenters. The van der Waals surface area contributed by atoms with Gasteiger partial charge in [-0.25, -0.2) is 4.39 Å². The maximum atomic E-state index is 13.2. The average molecular weight is 354 g/mol. The van der Waals surface area contributed by atoms with Crippen LogP contribution in [-0.2, 0) is 6.42 Å². The summed E-state index contributed by atoms with van der Waals surface area (Å²) in [5, 5.41) is 0. The molecule has 2 rings (SSSR count). The molecule has 0 aliphatic rings. The highest BCUT2D eigenvalue weighted by atomic mass is 79.9. The van der Waals surface area contributed by atoms with Gasteiger partial charge in [-0.2, -0.15) is 0 Å². The zero-order chi connectivity index (χ0) is 14.5. The van der Waals surface area contributed by atoms with Gasteiger partial charge in [0.05, 0.1) is 0 Å². The molecule has 1 nitrogen and oxygen atoms in total. The van der Waals surface area contributed by atoms with Crippen LogP contribution in [0.3, 0.4) is 0 Å². The van der Waals surface area contributed by atoms with Crippen LogP contribution in [0.25, 0.3) is 0 Å². The molecule has 0 bridgehead atoms. The highest BCUT2D eigenvalue weighted by Gasteiger charge is 2.09. The van der Waals surface area contributed by atoms with Gasteiger partial charge in [-0.3, -0.25) is 0 Å². The Balaban J connectivity index is 1.94. The number of hydrogen-bond acceptors (Lipinski definition) is 2. The van der Waals surface area contributed by atoms with Gasteiger partial charge >= 0.3 is 0 Å². The third-order valence-corrected chi connectivity index (χ3v) is 5.17. The number of aryl methyl sites for hydroxylation is 1. The molecule has 0 aliphatic heterocycles. The van der Waals surface area contributed by atoms with E-state index in [0.29, 0.717) is 6.42 Å². The van der Waals surface area contributed by atoms with E-state index in [4.69, 9.17) is 5.73 Å². The molecule has 0 radical (unpaired) electrons. The monoisotopic (exact) mass is 353 g/mol. The molecular formula is C16H17BrFNS. The Labute approximate surface area is 131 Å². The van der Waals surface area contributed by atoms with E-state index in [1.165, 1.54) is 16.5 Å². The van der Waals surface area contributed by atoms with Crippen LogP contribution >= 0.6 is 27.7 Å². The lowest BCUT2D eigenvalue weighted by Crippen LogP contribution is -2.25. The fourth-order valence-corrected chi connectivity index (χ4v) is 3.35. The number of halogens is 2. The molecule has 0 fully saturated rings. The third kappa shape index (κ3) is 4.33. The second-order valence-electron chi connectivity index (χ2n) is 4.78. The van der Waals surface area contributed by atoms with Crippen molar-refractivity contribution in [2.24, 2.45) is 5.73 Å². The molecule has 0 aromatic heterocycles. The molecule has 0 heterocycles. The molecule has 0 spiro atoms. The predicted molar refractivity (Wildman–Crippen MR) is 87.7 cm³/mol. The first-order chi connectivity index (χ1) is 9.56. The fourth-order valence-electron chi connectivity index (χ4n) is 1.96. The van der Waals surface area contributed by atoms with E-state index in [0.717, 1.165) is 15.8 Å².